The zero-order chi connectivity index (χ0) is 11.1. The number of primary sulfonamides is 1. The van der Waals surface area contributed by atoms with Gasteiger partial charge in [0.2, 0.25) is 0 Å². The number of hydrogen-bond donors (Lipinski definition) is 2. The van der Waals surface area contributed by atoms with Crippen LogP contribution in [0.3, 0.4) is 0 Å². The Labute approximate surface area is 85.7 Å². The zero-order valence-electron chi connectivity index (χ0n) is 7.48. The Hall–Kier alpha value is -1.87. The first kappa shape index (κ1) is 11.2. The van der Waals surface area contributed by atoms with Crippen molar-refractivity contribution in [1.29, 1.82) is 0 Å². The lowest BCUT2D eigenvalue weighted by atomic mass is 10.7. The molecule has 0 atom stereocenters. The summed E-state index contributed by atoms with van der Waals surface area (Å²) in [4.78, 5) is 10.4. The summed E-state index contributed by atoms with van der Waals surface area (Å²) in [5, 5.41) is 10.3. The number of aromatic nitrogens is 5. The summed E-state index contributed by atoms with van der Waals surface area (Å²) in [6, 6.07) is 1.51. The predicted octanol–water partition coefficient (Wildman–Crippen LogP) is -1.07. The summed E-state index contributed by atoms with van der Waals surface area (Å²) in [6.45, 7) is 0. The van der Waals surface area contributed by atoms with Gasteiger partial charge >= 0.3 is 0 Å². The third-order valence-corrected chi connectivity index (χ3v) is 1.85. The highest BCUT2D eigenvalue weighted by Crippen LogP contribution is 1.92. The van der Waals surface area contributed by atoms with Crippen LogP contribution in [0.1, 0.15) is 0 Å². The molecule has 80 valence electrons. The maximum Gasteiger partial charge on any atom is 0.273 e. The maximum atomic E-state index is 10.5. The van der Waals surface area contributed by atoms with Gasteiger partial charge in [-0.3, -0.25) is 5.10 Å². The van der Waals surface area contributed by atoms with Gasteiger partial charge in [0, 0.05) is 12.4 Å². The Balaban J connectivity index is 0.000000187. The fourth-order valence-electron chi connectivity index (χ4n) is 0.599. The van der Waals surface area contributed by atoms with E-state index in [1.54, 1.807) is 0 Å². The Morgan fingerprint density at radius 1 is 1.27 bits per heavy atom. The zero-order valence-corrected chi connectivity index (χ0v) is 8.29. The minimum Gasteiger partial charge on any atom is -0.266 e. The molecule has 0 aliphatic rings. The van der Waals surface area contributed by atoms with Crippen molar-refractivity contribution in [3.63, 3.8) is 0 Å². The molecule has 2 heterocycles. The van der Waals surface area contributed by atoms with Crippen molar-refractivity contribution in [1.82, 2.24) is 25.1 Å². The van der Waals surface area contributed by atoms with Gasteiger partial charge in [-0.1, -0.05) is 0 Å². The summed E-state index contributed by atoms with van der Waals surface area (Å²) in [7, 11) is -3.73. The molecule has 8 nitrogen and oxygen atoms in total. The Kier molecular flexibility index (Phi) is 3.83. The highest BCUT2D eigenvalue weighted by Gasteiger charge is 2.08. The van der Waals surface area contributed by atoms with E-state index in [9.17, 15) is 8.42 Å². The SMILES string of the molecule is NS(=O)(=O)c1ncccn1.c1nc[nH]n1. The molecule has 9 heteroatoms. The number of nitrogens with zero attached hydrogens (tertiary/aromatic N) is 4. The fourth-order valence-corrected chi connectivity index (χ4v) is 1.01. The number of H-pyrrole nitrogens is 1. The summed E-state index contributed by atoms with van der Waals surface area (Å²) in [5.41, 5.74) is 0. The lowest BCUT2D eigenvalue weighted by molar-refractivity contribution is 0.588. The molecule has 2 aromatic heterocycles. The van der Waals surface area contributed by atoms with E-state index in [1.807, 2.05) is 0 Å². The molecule has 0 radical (unpaired) electrons. The molecule has 0 aliphatic carbocycles. The summed E-state index contributed by atoms with van der Waals surface area (Å²) >= 11 is 0. The molecule has 0 aromatic carbocycles. The van der Waals surface area contributed by atoms with Crippen molar-refractivity contribution in [2.75, 3.05) is 0 Å². The molecule has 2 rings (SSSR count). The van der Waals surface area contributed by atoms with Crippen molar-refractivity contribution < 1.29 is 8.42 Å². The molecule has 3 N–H and O–H groups in total. The van der Waals surface area contributed by atoms with Crippen LogP contribution in [0.15, 0.2) is 36.3 Å². The summed E-state index contributed by atoms with van der Waals surface area (Å²) < 4.78 is 21.0. The average molecular weight is 228 g/mol. The van der Waals surface area contributed by atoms with E-state index in [0.29, 0.717) is 0 Å². The lowest BCUT2D eigenvalue weighted by Crippen LogP contribution is -2.15. The van der Waals surface area contributed by atoms with Crippen LogP contribution < -0.4 is 5.14 Å². The van der Waals surface area contributed by atoms with Crippen LogP contribution in [0, 0.1) is 0 Å². The van der Waals surface area contributed by atoms with E-state index in [0.717, 1.165) is 0 Å². The highest BCUT2D eigenvalue weighted by molar-refractivity contribution is 7.89. The largest absolute Gasteiger partial charge is 0.273 e. The minimum absolute atomic E-state index is 0.352. The smallest absolute Gasteiger partial charge is 0.266 e. The van der Waals surface area contributed by atoms with E-state index in [1.165, 1.54) is 31.1 Å². The van der Waals surface area contributed by atoms with Gasteiger partial charge in [0.15, 0.2) is 0 Å². The molecule has 0 saturated heterocycles. The van der Waals surface area contributed by atoms with Crippen molar-refractivity contribution >= 4 is 10.0 Å². The molecule has 0 bridgehead atoms. The minimum atomic E-state index is -3.73. The number of rotatable bonds is 1. The average Bonchev–Trinajstić information content (AvgIpc) is 2.76. The molecule has 0 unspecified atom stereocenters. The monoisotopic (exact) mass is 228 g/mol. The second kappa shape index (κ2) is 5.12. The van der Waals surface area contributed by atoms with Gasteiger partial charge in [-0.15, -0.1) is 0 Å². The van der Waals surface area contributed by atoms with Crippen LogP contribution in [0.25, 0.3) is 0 Å². The first-order valence-corrected chi connectivity index (χ1v) is 5.24. The molecule has 15 heavy (non-hydrogen) atoms. The van der Waals surface area contributed by atoms with Crippen molar-refractivity contribution in [3.8, 4) is 0 Å². The van der Waals surface area contributed by atoms with Gasteiger partial charge in [-0.2, -0.15) is 5.10 Å². The number of nitrogens with one attached hydrogen (secondary N) is 1. The van der Waals surface area contributed by atoms with Gasteiger partial charge in [0.05, 0.1) is 0 Å². The third-order valence-electron chi connectivity index (χ3n) is 1.13. The molecule has 0 spiro atoms. The van der Waals surface area contributed by atoms with Crippen LogP contribution in [-0.2, 0) is 10.0 Å². The first-order chi connectivity index (χ1) is 7.11. The number of aromatic amines is 1. The molecular formula is C6H8N6O2S. The van der Waals surface area contributed by atoms with E-state index < -0.39 is 10.0 Å². The molecule has 0 aliphatic heterocycles. The quantitative estimate of drug-likeness (QED) is 0.598. The van der Waals surface area contributed by atoms with Crippen LogP contribution in [-0.4, -0.2) is 33.6 Å². The van der Waals surface area contributed by atoms with E-state index >= 15 is 0 Å². The van der Waals surface area contributed by atoms with Crippen molar-refractivity contribution in [3.05, 3.63) is 31.1 Å². The van der Waals surface area contributed by atoms with Crippen molar-refractivity contribution in [2.24, 2.45) is 5.14 Å². The van der Waals surface area contributed by atoms with Gasteiger partial charge in [0.25, 0.3) is 15.2 Å². The molecular weight excluding hydrogens is 220 g/mol. The lowest BCUT2D eigenvalue weighted by Gasteiger charge is -1.91. The van der Waals surface area contributed by atoms with Gasteiger partial charge in [-0.25, -0.2) is 28.5 Å². The van der Waals surface area contributed by atoms with Crippen LogP contribution in [0.2, 0.25) is 0 Å². The molecule has 2 aromatic rings. The van der Waals surface area contributed by atoms with Crippen molar-refractivity contribution in [2.45, 2.75) is 5.16 Å². The number of sulfonamides is 1. The molecule has 0 fully saturated rings. The normalized spacial score (nSPS) is 10.2. The van der Waals surface area contributed by atoms with Gasteiger partial charge in [-0.05, 0) is 6.07 Å². The van der Waals surface area contributed by atoms with Crippen LogP contribution in [0.4, 0.5) is 0 Å². The summed E-state index contributed by atoms with van der Waals surface area (Å²) in [5.74, 6) is 0. The van der Waals surface area contributed by atoms with Crippen LogP contribution in [0.5, 0.6) is 0 Å². The number of hydrogen-bond acceptors (Lipinski definition) is 6. The van der Waals surface area contributed by atoms with E-state index in [-0.39, 0.29) is 5.16 Å². The van der Waals surface area contributed by atoms with E-state index in [2.05, 4.69) is 25.1 Å². The Morgan fingerprint density at radius 3 is 2.20 bits per heavy atom. The van der Waals surface area contributed by atoms with E-state index in [4.69, 9.17) is 5.14 Å². The molecule has 0 amide bonds. The van der Waals surface area contributed by atoms with Gasteiger partial charge < -0.3 is 0 Å². The third kappa shape index (κ3) is 4.24. The number of nitrogens with two attached hydrogens (primary N) is 1. The molecule has 0 saturated carbocycles. The summed E-state index contributed by atoms with van der Waals surface area (Å²) in [6.07, 6.45) is 5.58. The Bertz CT molecular complexity index is 450. The van der Waals surface area contributed by atoms with Crippen LogP contribution >= 0.6 is 0 Å². The maximum absolute atomic E-state index is 10.5. The first-order valence-electron chi connectivity index (χ1n) is 3.69. The standard InChI is InChI=1S/C4H5N3O2S.C2H3N3/c5-10(8,9)4-6-2-1-3-7-4;1-3-2-5-4-1/h1-3H,(H2,5,8,9);1-2H,(H,3,4,5). The fraction of sp³-hybridized carbons (Fsp3) is 0. The van der Waals surface area contributed by atoms with Gasteiger partial charge in [0.1, 0.15) is 12.7 Å². The second-order valence-corrected chi connectivity index (χ2v) is 3.68. The predicted molar refractivity (Wildman–Crippen MR) is 49.8 cm³/mol. The topological polar surface area (TPSA) is 128 Å². The highest BCUT2D eigenvalue weighted by atomic mass is 32.2. The second-order valence-electron chi connectivity index (χ2n) is 2.23. The Morgan fingerprint density at radius 2 is 1.93 bits per heavy atom.